The number of nitrogens with one attached hydrogen (secondary N) is 1. The van der Waals surface area contributed by atoms with Gasteiger partial charge in [0.1, 0.15) is 11.3 Å². The van der Waals surface area contributed by atoms with Crippen molar-refractivity contribution in [1.82, 2.24) is 19.6 Å². The molecule has 2 fully saturated rings. The molecule has 1 N–H and O–H groups in total. The van der Waals surface area contributed by atoms with Crippen LogP contribution in [0.25, 0.3) is 5.65 Å². The van der Waals surface area contributed by atoms with Gasteiger partial charge in [-0.05, 0) is 36.9 Å². The largest absolute Gasteiger partial charge is 0.348 e. The van der Waals surface area contributed by atoms with Gasteiger partial charge in [0.15, 0.2) is 0 Å². The summed E-state index contributed by atoms with van der Waals surface area (Å²) in [5, 5.41) is 3.16. The van der Waals surface area contributed by atoms with Crippen LogP contribution in [-0.2, 0) is 0 Å². The summed E-state index contributed by atoms with van der Waals surface area (Å²) in [5.41, 5.74) is 1.97. The molecule has 1 amide bonds. The van der Waals surface area contributed by atoms with Crippen LogP contribution in [0.4, 0.5) is 0 Å². The standard InChI is InChI=1S/C16H16N4O/c1-2-13-9-20-8-12(3-4-15(20)17-13)16(21)18-14-10-19-6-5-11(14)7-19/h1,3-4,8-9,11,14H,5-7,10H2,(H,18,21)/t11-,14?/m0/s1. The molecule has 2 unspecified atom stereocenters. The number of terminal acetylenes is 1. The summed E-state index contributed by atoms with van der Waals surface area (Å²) in [6, 6.07) is 3.90. The molecule has 2 bridgehead atoms. The molecule has 2 aliphatic heterocycles. The molecule has 0 spiro atoms. The minimum Gasteiger partial charge on any atom is -0.348 e. The van der Waals surface area contributed by atoms with Gasteiger partial charge < -0.3 is 14.6 Å². The monoisotopic (exact) mass is 280 g/mol. The van der Waals surface area contributed by atoms with E-state index < -0.39 is 0 Å². The van der Waals surface area contributed by atoms with Crippen molar-refractivity contribution in [2.24, 2.45) is 5.92 Å². The predicted octanol–water partition coefficient (Wildman–Crippen LogP) is 0.749. The van der Waals surface area contributed by atoms with E-state index in [0.717, 1.165) is 18.7 Å². The Morgan fingerprint density at radius 3 is 3.00 bits per heavy atom. The Kier molecular flexibility index (Phi) is 2.72. The molecule has 0 radical (unpaired) electrons. The fraction of sp³-hybridized carbons (Fsp3) is 0.375. The SMILES string of the molecule is C#Cc1cn2cc(C(=O)NC3CN4CC[C@H]3C4)ccc2n1. The maximum Gasteiger partial charge on any atom is 0.253 e. The van der Waals surface area contributed by atoms with E-state index in [-0.39, 0.29) is 11.9 Å². The molecule has 4 rings (SSSR count). The highest BCUT2D eigenvalue weighted by Crippen LogP contribution is 2.27. The summed E-state index contributed by atoms with van der Waals surface area (Å²) in [6.07, 6.45) is 10.1. The van der Waals surface area contributed by atoms with Crippen molar-refractivity contribution in [3.05, 3.63) is 35.8 Å². The molecular weight excluding hydrogens is 264 g/mol. The molecule has 0 aromatic carbocycles. The number of amides is 1. The Hall–Kier alpha value is -2.32. The van der Waals surface area contributed by atoms with Gasteiger partial charge in [-0.2, -0.15) is 0 Å². The van der Waals surface area contributed by atoms with Gasteiger partial charge in [-0.1, -0.05) is 0 Å². The molecule has 5 heteroatoms. The number of nitrogens with zero attached hydrogens (tertiary/aromatic N) is 3. The highest BCUT2D eigenvalue weighted by Gasteiger charge is 2.38. The normalized spacial score (nSPS) is 26.9. The Labute approximate surface area is 123 Å². The van der Waals surface area contributed by atoms with E-state index >= 15 is 0 Å². The van der Waals surface area contributed by atoms with Crippen molar-refractivity contribution < 1.29 is 4.79 Å². The number of fused-ring (bicyclic) bond motifs is 3. The summed E-state index contributed by atoms with van der Waals surface area (Å²) in [4.78, 5) is 19.1. The third-order valence-electron chi connectivity index (χ3n) is 4.51. The van der Waals surface area contributed by atoms with Gasteiger partial charge >= 0.3 is 0 Å². The van der Waals surface area contributed by atoms with E-state index in [0.29, 0.717) is 17.2 Å². The van der Waals surface area contributed by atoms with Crippen LogP contribution in [0.5, 0.6) is 0 Å². The van der Waals surface area contributed by atoms with Crippen molar-refractivity contribution in [3.63, 3.8) is 0 Å². The van der Waals surface area contributed by atoms with Gasteiger partial charge in [-0.25, -0.2) is 4.98 Å². The molecule has 106 valence electrons. The number of carbonyl (C=O) groups is 1. The molecule has 4 heterocycles. The average Bonchev–Trinajstić information content (AvgIpc) is 3.20. The highest BCUT2D eigenvalue weighted by molar-refractivity contribution is 5.94. The van der Waals surface area contributed by atoms with E-state index in [2.05, 4.69) is 21.1 Å². The van der Waals surface area contributed by atoms with Crippen molar-refractivity contribution in [1.29, 1.82) is 0 Å². The van der Waals surface area contributed by atoms with Gasteiger partial charge in [0, 0.05) is 31.5 Å². The number of piperidine rings is 1. The first-order valence-electron chi connectivity index (χ1n) is 7.21. The average molecular weight is 280 g/mol. The molecule has 2 aromatic heterocycles. The Balaban J connectivity index is 1.55. The molecule has 3 atom stereocenters. The fourth-order valence-electron chi connectivity index (χ4n) is 3.39. The lowest BCUT2D eigenvalue weighted by molar-refractivity contribution is 0.0924. The first-order chi connectivity index (χ1) is 10.2. The van der Waals surface area contributed by atoms with Crippen LogP contribution in [0.2, 0.25) is 0 Å². The van der Waals surface area contributed by atoms with Crippen molar-refractivity contribution in [3.8, 4) is 12.3 Å². The molecule has 2 saturated heterocycles. The van der Waals surface area contributed by atoms with E-state index in [4.69, 9.17) is 6.42 Å². The molecule has 0 saturated carbocycles. The molecule has 2 aliphatic rings. The predicted molar refractivity (Wildman–Crippen MR) is 78.9 cm³/mol. The zero-order valence-corrected chi connectivity index (χ0v) is 11.6. The quantitative estimate of drug-likeness (QED) is 0.826. The zero-order valence-electron chi connectivity index (χ0n) is 11.6. The zero-order chi connectivity index (χ0) is 14.4. The van der Waals surface area contributed by atoms with Crippen molar-refractivity contribution >= 4 is 11.6 Å². The Bertz CT molecular complexity index is 757. The number of pyridine rings is 1. The molecular formula is C16H16N4O. The number of rotatable bonds is 2. The third kappa shape index (κ3) is 2.08. The number of hydrogen-bond donors (Lipinski definition) is 1. The highest BCUT2D eigenvalue weighted by atomic mass is 16.1. The lowest BCUT2D eigenvalue weighted by Crippen LogP contribution is -2.43. The van der Waals surface area contributed by atoms with Gasteiger partial charge in [0.05, 0.1) is 5.56 Å². The second-order valence-electron chi connectivity index (χ2n) is 5.84. The summed E-state index contributed by atoms with van der Waals surface area (Å²) >= 11 is 0. The van der Waals surface area contributed by atoms with Gasteiger partial charge in [-0.3, -0.25) is 4.79 Å². The van der Waals surface area contributed by atoms with Crippen molar-refractivity contribution in [2.75, 3.05) is 19.6 Å². The van der Waals surface area contributed by atoms with Gasteiger partial charge in [-0.15, -0.1) is 6.42 Å². The summed E-state index contributed by atoms with van der Waals surface area (Å²) in [7, 11) is 0. The summed E-state index contributed by atoms with van der Waals surface area (Å²) in [5.74, 6) is 3.09. The van der Waals surface area contributed by atoms with Crippen LogP contribution in [0.1, 0.15) is 22.5 Å². The molecule has 21 heavy (non-hydrogen) atoms. The minimum absolute atomic E-state index is 0.0217. The number of imidazole rings is 1. The van der Waals surface area contributed by atoms with E-state index in [9.17, 15) is 4.79 Å². The smallest absolute Gasteiger partial charge is 0.253 e. The fourth-order valence-corrected chi connectivity index (χ4v) is 3.39. The van der Waals surface area contributed by atoms with Crippen LogP contribution in [0.15, 0.2) is 24.5 Å². The first kappa shape index (κ1) is 12.4. The Morgan fingerprint density at radius 1 is 1.38 bits per heavy atom. The minimum atomic E-state index is -0.0217. The summed E-state index contributed by atoms with van der Waals surface area (Å²) in [6.45, 7) is 3.27. The van der Waals surface area contributed by atoms with Crippen LogP contribution >= 0.6 is 0 Å². The number of aromatic nitrogens is 2. The lowest BCUT2D eigenvalue weighted by Gasteiger charge is -2.23. The second kappa shape index (κ2) is 4.61. The van der Waals surface area contributed by atoms with Crippen LogP contribution < -0.4 is 5.32 Å². The molecule has 5 nitrogen and oxygen atoms in total. The van der Waals surface area contributed by atoms with Crippen LogP contribution in [-0.4, -0.2) is 45.9 Å². The third-order valence-corrected chi connectivity index (χ3v) is 4.51. The number of hydrogen-bond acceptors (Lipinski definition) is 3. The lowest BCUT2D eigenvalue weighted by atomic mass is 10.00. The van der Waals surface area contributed by atoms with Crippen molar-refractivity contribution in [2.45, 2.75) is 12.5 Å². The van der Waals surface area contributed by atoms with Gasteiger partial charge in [0.2, 0.25) is 0 Å². The van der Waals surface area contributed by atoms with Gasteiger partial charge in [0.25, 0.3) is 5.91 Å². The number of carbonyl (C=O) groups excluding carboxylic acids is 1. The molecule has 0 aliphatic carbocycles. The first-order valence-corrected chi connectivity index (χ1v) is 7.21. The maximum atomic E-state index is 12.4. The van der Waals surface area contributed by atoms with E-state index in [1.165, 1.54) is 13.0 Å². The topological polar surface area (TPSA) is 49.6 Å². The molecule has 2 aromatic rings. The van der Waals surface area contributed by atoms with E-state index in [1.54, 1.807) is 22.9 Å². The Morgan fingerprint density at radius 2 is 2.29 bits per heavy atom. The van der Waals surface area contributed by atoms with Crippen LogP contribution in [0, 0.1) is 18.3 Å². The maximum absolute atomic E-state index is 12.4. The summed E-state index contributed by atoms with van der Waals surface area (Å²) < 4.78 is 1.80. The second-order valence-corrected chi connectivity index (χ2v) is 5.84. The van der Waals surface area contributed by atoms with Crippen LogP contribution in [0.3, 0.4) is 0 Å². The van der Waals surface area contributed by atoms with E-state index in [1.807, 2.05) is 6.07 Å².